The molecule has 0 atom stereocenters. The van der Waals surface area contributed by atoms with E-state index in [2.05, 4.69) is 15.6 Å². The van der Waals surface area contributed by atoms with Gasteiger partial charge in [0.2, 0.25) is 0 Å². The Balaban J connectivity index is 0.00000312. The van der Waals surface area contributed by atoms with Gasteiger partial charge in [-0.3, -0.25) is 9.79 Å². The second-order valence-electron chi connectivity index (χ2n) is 7.07. The maximum atomic E-state index is 11.8. The van der Waals surface area contributed by atoms with E-state index >= 15 is 0 Å². The molecule has 0 bridgehead atoms. The third-order valence-corrected chi connectivity index (χ3v) is 5.10. The number of halogens is 1. The van der Waals surface area contributed by atoms with E-state index in [4.69, 9.17) is 4.74 Å². The number of aliphatic hydroxyl groups is 1. The SMILES string of the molecule is CCNC(=NCC1(O)CCCC1)NC1CCC(C(=O)OCC)CC1.I. The zero-order valence-electron chi connectivity index (χ0n) is 15.6. The number of esters is 1. The summed E-state index contributed by atoms with van der Waals surface area (Å²) >= 11 is 0. The van der Waals surface area contributed by atoms with Crippen molar-refractivity contribution in [2.75, 3.05) is 19.7 Å². The van der Waals surface area contributed by atoms with Crippen LogP contribution in [0.5, 0.6) is 0 Å². The highest BCUT2D eigenvalue weighted by Gasteiger charge is 2.31. The quantitative estimate of drug-likeness (QED) is 0.242. The van der Waals surface area contributed by atoms with Gasteiger partial charge in [0.25, 0.3) is 0 Å². The Labute approximate surface area is 168 Å². The van der Waals surface area contributed by atoms with E-state index in [-0.39, 0.29) is 35.9 Å². The van der Waals surface area contributed by atoms with Crippen LogP contribution in [0.4, 0.5) is 0 Å². The third kappa shape index (κ3) is 7.29. The molecule has 2 fully saturated rings. The van der Waals surface area contributed by atoms with Gasteiger partial charge in [-0.1, -0.05) is 12.8 Å². The maximum absolute atomic E-state index is 11.8. The lowest BCUT2D eigenvalue weighted by Gasteiger charge is -2.29. The highest BCUT2D eigenvalue weighted by Crippen LogP contribution is 2.29. The van der Waals surface area contributed by atoms with Gasteiger partial charge >= 0.3 is 5.97 Å². The largest absolute Gasteiger partial charge is 0.466 e. The van der Waals surface area contributed by atoms with Crippen LogP contribution in [0.1, 0.15) is 65.2 Å². The molecule has 0 aromatic carbocycles. The molecule has 3 N–H and O–H groups in total. The first-order valence-corrected chi connectivity index (χ1v) is 9.50. The van der Waals surface area contributed by atoms with Crippen molar-refractivity contribution < 1.29 is 14.6 Å². The predicted molar refractivity (Wildman–Crippen MR) is 110 cm³/mol. The number of rotatable bonds is 6. The zero-order chi connectivity index (χ0) is 17.4. The molecule has 0 amide bonds. The van der Waals surface area contributed by atoms with Crippen molar-refractivity contribution in [3.8, 4) is 0 Å². The summed E-state index contributed by atoms with van der Waals surface area (Å²) in [7, 11) is 0. The van der Waals surface area contributed by atoms with Crippen LogP contribution in [0.2, 0.25) is 0 Å². The summed E-state index contributed by atoms with van der Waals surface area (Å²) in [5.74, 6) is 0.763. The van der Waals surface area contributed by atoms with E-state index in [0.717, 1.165) is 63.9 Å². The fraction of sp³-hybridized carbons (Fsp3) is 0.889. The van der Waals surface area contributed by atoms with E-state index in [1.165, 1.54) is 0 Å². The minimum absolute atomic E-state index is 0. The molecular weight excluding hydrogens is 433 g/mol. The van der Waals surface area contributed by atoms with Gasteiger partial charge in [0.05, 0.1) is 24.7 Å². The van der Waals surface area contributed by atoms with E-state index in [1.54, 1.807) is 0 Å². The molecule has 0 radical (unpaired) electrons. The topological polar surface area (TPSA) is 83.0 Å². The normalized spacial score (nSPS) is 25.8. The number of nitrogens with one attached hydrogen (secondary N) is 2. The zero-order valence-corrected chi connectivity index (χ0v) is 17.9. The molecule has 2 rings (SSSR count). The average molecular weight is 467 g/mol. The molecule has 2 saturated carbocycles. The minimum atomic E-state index is -0.621. The molecule has 2 aliphatic rings. The summed E-state index contributed by atoms with van der Waals surface area (Å²) in [6.45, 7) is 5.60. The number of hydrogen-bond acceptors (Lipinski definition) is 4. The number of aliphatic imine (C=N–C) groups is 1. The summed E-state index contributed by atoms with van der Waals surface area (Å²) in [6, 6.07) is 0.326. The van der Waals surface area contributed by atoms with Gasteiger partial charge in [-0.25, -0.2) is 0 Å². The molecule has 0 heterocycles. The van der Waals surface area contributed by atoms with Crippen molar-refractivity contribution in [2.24, 2.45) is 10.9 Å². The van der Waals surface area contributed by atoms with Gasteiger partial charge in [0.1, 0.15) is 0 Å². The predicted octanol–water partition coefficient (Wildman–Crippen LogP) is 2.59. The molecule has 0 aromatic heterocycles. The molecule has 0 unspecified atom stereocenters. The van der Waals surface area contributed by atoms with Gasteiger partial charge < -0.3 is 20.5 Å². The van der Waals surface area contributed by atoms with E-state index in [9.17, 15) is 9.90 Å². The van der Waals surface area contributed by atoms with Crippen LogP contribution in [-0.2, 0) is 9.53 Å². The molecule has 2 aliphatic carbocycles. The Hall–Kier alpha value is -0.570. The highest BCUT2D eigenvalue weighted by atomic mass is 127. The number of carbonyl (C=O) groups is 1. The van der Waals surface area contributed by atoms with Crippen molar-refractivity contribution in [3.05, 3.63) is 0 Å². The Kier molecular flexibility index (Phi) is 10.1. The number of nitrogens with zero attached hydrogens (tertiary/aromatic N) is 1. The van der Waals surface area contributed by atoms with Crippen molar-refractivity contribution in [2.45, 2.75) is 76.9 Å². The number of hydrogen-bond donors (Lipinski definition) is 3. The Bertz CT molecular complexity index is 431. The average Bonchev–Trinajstić information content (AvgIpc) is 3.01. The molecule has 0 aromatic rings. The molecule has 0 aliphatic heterocycles. The number of ether oxygens (including phenoxy) is 1. The van der Waals surface area contributed by atoms with Crippen LogP contribution >= 0.6 is 24.0 Å². The standard InChI is InChI=1S/C18H33N3O3.HI/c1-3-19-17(20-13-18(23)11-5-6-12-18)21-15-9-7-14(8-10-15)16(22)24-4-2;/h14-15,23H,3-13H2,1-2H3,(H2,19,20,21);1H. The summed E-state index contributed by atoms with van der Waals surface area (Å²) < 4.78 is 5.12. The van der Waals surface area contributed by atoms with E-state index < -0.39 is 5.60 Å². The molecular formula is C18H34IN3O3. The molecule has 7 heteroatoms. The van der Waals surface area contributed by atoms with Gasteiger partial charge in [-0.05, 0) is 52.4 Å². The van der Waals surface area contributed by atoms with Crippen LogP contribution < -0.4 is 10.6 Å². The first-order chi connectivity index (χ1) is 11.6. The second-order valence-corrected chi connectivity index (χ2v) is 7.07. The van der Waals surface area contributed by atoms with Gasteiger partial charge in [0, 0.05) is 12.6 Å². The van der Waals surface area contributed by atoms with Crippen LogP contribution in [0.15, 0.2) is 4.99 Å². The van der Waals surface area contributed by atoms with Crippen molar-refractivity contribution in [1.29, 1.82) is 0 Å². The molecule has 25 heavy (non-hydrogen) atoms. The molecule has 6 nitrogen and oxygen atoms in total. The van der Waals surface area contributed by atoms with Crippen molar-refractivity contribution in [3.63, 3.8) is 0 Å². The van der Waals surface area contributed by atoms with E-state index in [1.807, 2.05) is 13.8 Å². The van der Waals surface area contributed by atoms with E-state index in [0.29, 0.717) is 19.2 Å². The monoisotopic (exact) mass is 467 g/mol. The lowest BCUT2D eigenvalue weighted by Crippen LogP contribution is -2.46. The van der Waals surface area contributed by atoms with Crippen LogP contribution in [-0.4, -0.2) is 48.4 Å². The van der Waals surface area contributed by atoms with Crippen LogP contribution in [0.25, 0.3) is 0 Å². The Morgan fingerprint density at radius 1 is 1.20 bits per heavy atom. The summed E-state index contributed by atoms with van der Waals surface area (Å²) in [5.41, 5.74) is -0.621. The fourth-order valence-corrected chi connectivity index (χ4v) is 3.66. The molecule has 0 spiro atoms. The number of guanidine groups is 1. The molecule has 0 saturated heterocycles. The first kappa shape index (κ1) is 22.5. The van der Waals surface area contributed by atoms with Crippen molar-refractivity contribution >= 4 is 35.9 Å². The van der Waals surface area contributed by atoms with Gasteiger partial charge in [-0.2, -0.15) is 0 Å². The fourth-order valence-electron chi connectivity index (χ4n) is 3.66. The summed E-state index contributed by atoms with van der Waals surface area (Å²) in [6.07, 6.45) is 7.48. The van der Waals surface area contributed by atoms with Crippen LogP contribution in [0, 0.1) is 5.92 Å². The first-order valence-electron chi connectivity index (χ1n) is 9.50. The second kappa shape index (κ2) is 11.2. The lowest BCUT2D eigenvalue weighted by atomic mass is 9.86. The Morgan fingerprint density at radius 3 is 2.40 bits per heavy atom. The van der Waals surface area contributed by atoms with Gasteiger partial charge in [-0.15, -0.1) is 24.0 Å². The highest BCUT2D eigenvalue weighted by molar-refractivity contribution is 14.0. The smallest absolute Gasteiger partial charge is 0.308 e. The van der Waals surface area contributed by atoms with Crippen LogP contribution in [0.3, 0.4) is 0 Å². The third-order valence-electron chi connectivity index (χ3n) is 5.10. The van der Waals surface area contributed by atoms with Gasteiger partial charge in [0.15, 0.2) is 5.96 Å². The minimum Gasteiger partial charge on any atom is -0.466 e. The summed E-state index contributed by atoms with van der Waals surface area (Å²) in [5, 5.41) is 17.2. The number of carbonyl (C=O) groups excluding carboxylic acids is 1. The van der Waals surface area contributed by atoms with Crippen molar-refractivity contribution in [1.82, 2.24) is 10.6 Å². The summed E-state index contributed by atoms with van der Waals surface area (Å²) in [4.78, 5) is 16.4. The maximum Gasteiger partial charge on any atom is 0.308 e. The molecule has 146 valence electrons. The Morgan fingerprint density at radius 2 is 1.84 bits per heavy atom. The lowest BCUT2D eigenvalue weighted by molar-refractivity contribution is -0.149.